The zero-order chi connectivity index (χ0) is 27.9. The third-order valence-electron chi connectivity index (χ3n) is 6.19. The predicted octanol–water partition coefficient (Wildman–Crippen LogP) is 6.94. The molecular weight excluding hydrogens is 590 g/mol. The second kappa shape index (κ2) is 12.7. The molecule has 5 aromatic rings. The molecule has 0 spiro atoms. The number of nitrogens with zero attached hydrogens (tertiary/aromatic N) is 4. The molecule has 1 heterocycles. The van der Waals surface area contributed by atoms with Crippen molar-refractivity contribution in [2.24, 2.45) is 0 Å². The SMILES string of the molecule is O=C(NC(Cc1ccccc1)c1nnc(SCc2ccccc2)n1-c1ccc([N+](=O)[O-])cc1)c1ccc(Br)cc1. The zero-order valence-corrected chi connectivity index (χ0v) is 23.6. The number of benzene rings is 4. The molecule has 0 aliphatic heterocycles. The summed E-state index contributed by atoms with van der Waals surface area (Å²) in [4.78, 5) is 24.2. The third kappa shape index (κ3) is 6.64. The van der Waals surface area contributed by atoms with E-state index in [0.717, 1.165) is 15.6 Å². The van der Waals surface area contributed by atoms with Crippen molar-refractivity contribution >= 4 is 39.3 Å². The average molecular weight is 615 g/mol. The van der Waals surface area contributed by atoms with Crippen LogP contribution < -0.4 is 5.32 Å². The summed E-state index contributed by atoms with van der Waals surface area (Å²) in [5, 5.41) is 24.1. The van der Waals surface area contributed by atoms with E-state index in [1.807, 2.05) is 77.4 Å². The molecule has 10 heteroatoms. The molecule has 0 radical (unpaired) electrons. The summed E-state index contributed by atoms with van der Waals surface area (Å²) in [6.07, 6.45) is 0.470. The van der Waals surface area contributed by atoms with Gasteiger partial charge in [-0.3, -0.25) is 19.5 Å². The van der Waals surface area contributed by atoms with Crippen molar-refractivity contribution in [1.29, 1.82) is 0 Å². The molecule has 1 unspecified atom stereocenters. The van der Waals surface area contributed by atoms with E-state index in [1.165, 1.54) is 23.9 Å². The number of nitro benzene ring substituents is 1. The highest BCUT2D eigenvalue weighted by Crippen LogP contribution is 2.30. The summed E-state index contributed by atoms with van der Waals surface area (Å²) in [6.45, 7) is 0. The lowest BCUT2D eigenvalue weighted by Gasteiger charge is -2.20. The Bertz CT molecular complexity index is 1590. The first-order valence-corrected chi connectivity index (χ1v) is 14.2. The fourth-order valence-corrected chi connectivity index (χ4v) is 5.37. The molecule has 0 aliphatic carbocycles. The zero-order valence-electron chi connectivity index (χ0n) is 21.2. The number of thioether (sulfide) groups is 1. The molecule has 1 aromatic heterocycles. The number of halogens is 1. The number of carbonyl (C=O) groups is 1. The van der Waals surface area contributed by atoms with Gasteiger partial charge in [0.25, 0.3) is 11.6 Å². The summed E-state index contributed by atoms with van der Waals surface area (Å²) in [6, 6.07) is 32.7. The van der Waals surface area contributed by atoms with Gasteiger partial charge in [-0.2, -0.15) is 0 Å². The van der Waals surface area contributed by atoms with E-state index < -0.39 is 11.0 Å². The van der Waals surface area contributed by atoms with Crippen LogP contribution in [0.2, 0.25) is 0 Å². The Balaban J connectivity index is 1.55. The standard InChI is InChI=1S/C30H24BrN5O3S/c31-24-13-11-23(12-14-24)29(37)32-27(19-21-7-3-1-4-8-21)28-33-34-30(40-20-22-9-5-2-6-10-22)35(28)25-15-17-26(18-16-25)36(38)39/h1-18,27H,19-20H2,(H,32,37). The molecule has 40 heavy (non-hydrogen) atoms. The van der Waals surface area contributed by atoms with E-state index >= 15 is 0 Å². The van der Waals surface area contributed by atoms with Crippen molar-refractivity contribution in [1.82, 2.24) is 20.1 Å². The second-order valence-electron chi connectivity index (χ2n) is 8.95. The van der Waals surface area contributed by atoms with Crippen LogP contribution in [-0.4, -0.2) is 25.6 Å². The lowest BCUT2D eigenvalue weighted by atomic mass is 10.0. The molecule has 0 fully saturated rings. The van der Waals surface area contributed by atoms with Gasteiger partial charge in [-0.15, -0.1) is 10.2 Å². The smallest absolute Gasteiger partial charge is 0.269 e. The molecule has 1 N–H and O–H groups in total. The molecule has 200 valence electrons. The number of aromatic nitrogens is 3. The molecule has 5 rings (SSSR count). The van der Waals surface area contributed by atoms with E-state index in [1.54, 1.807) is 24.3 Å². The highest BCUT2D eigenvalue weighted by atomic mass is 79.9. The Hall–Kier alpha value is -4.28. The van der Waals surface area contributed by atoms with Gasteiger partial charge >= 0.3 is 0 Å². The maximum atomic E-state index is 13.4. The van der Waals surface area contributed by atoms with Gasteiger partial charge in [-0.05, 0) is 53.9 Å². The first-order valence-electron chi connectivity index (χ1n) is 12.4. The minimum absolute atomic E-state index is 0.0127. The molecule has 0 saturated carbocycles. The first kappa shape index (κ1) is 27.3. The number of carbonyl (C=O) groups excluding carboxylic acids is 1. The number of amides is 1. The average Bonchev–Trinajstić information content (AvgIpc) is 3.41. The molecule has 1 amide bonds. The highest BCUT2D eigenvalue weighted by Gasteiger charge is 2.26. The molecule has 0 bridgehead atoms. The van der Waals surface area contributed by atoms with Crippen LogP contribution in [0.5, 0.6) is 0 Å². The third-order valence-corrected chi connectivity index (χ3v) is 7.72. The van der Waals surface area contributed by atoms with Crippen LogP contribution in [0.25, 0.3) is 5.69 Å². The summed E-state index contributed by atoms with van der Waals surface area (Å²) < 4.78 is 2.75. The van der Waals surface area contributed by atoms with Crippen LogP contribution in [0.3, 0.4) is 0 Å². The van der Waals surface area contributed by atoms with Crippen molar-refractivity contribution in [2.45, 2.75) is 23.4 Å². The van der Waals surface area contributed by atoms with Gasteiger partial charge in [0.05, 0.1) is 11.0 Å². The fraction of sp³-hybridized carbons (Fsp3) is 0.100. The Kier molecular flexibility index (Phi) is 8.68. The van der Waals surface area contributed by atoms with Gasteiger partial charge in [-0.25, -0.2) is 0 Å². The van der Waals surface area contributed by atoms with Crippen molar-refractivity contribution in [3.8, 4) is 5.69 Å². The van der Waals surface area contributed by atoms with Crippen molar-refractivity contribution < 1.29 is 9.72 Å². The minimum atomic E-state index is -0.535. The highest BCUT2D eigenvalue weighted by molar-refractivity contribution is 9.10. The molecule has 0 saturated heterocycles. The van der Waals surface area contributed by atoms with Gasteiger partial charge < -0.3 is 5.32 Å². The van der Waals surface area contributed by atoms with E-state index in [4.69, 9.17) is 0 Å². The van der Waals surface area contributed by atoms with Crippen LogP contribution in [-0.2, 0) is 12.2 Å². The Morgan fingerprint density at radius 2 is 1.50 bits per heavy atom. The topological polar surface area (TPSA) is 103 Å². The largest absolute Gasteiger partial charge is 0.342 e. The monoisotopic (exact) mass is 613 g/mol. The Morgan fingerprint density at radius 1 is 0.875 bits per heavy atom. The van der Waals surface area contributed by atoms with Crippen LogP contribution >= 0.6 is 27.7 Å². The first-order chi connectivity index (χ1) is 19.5. The normalized spacial score (nSPS) is 11.6. The summed E-state index contributed by atoms with van der Waals surface area (Å²) in [5.41, 5.74) is 3.30. The van der Waals surface area contributed by atoms with E-state index in [0.29, 0.717) is 34.4 Å². The fourth-order valence-electron chi connectivity index (χ4n) is 4.19. The van der Waals surface area contributed by atoms with Crippen LogP contribution in [0, 0.1) is 10.1 Å². The molecule has 0 aliphatic rings. The summed E-state index contributed by atoms with van der Waals surface area (Å²) >= 11 is 4.92. The van der Waals surface area contributed by atoms with Gasteiger partial charge in [-0.1, -0.05) is 88.4 Å². The number of nitro groups is 1. The van der Waals surface area contributed by atoms with Crippen molar-refractivity contribution in [2.75, 3.05) is 0 Å². The maximum absolute atomic E-state index is 13.4. The second-order valence-corrected chi connectivity index (χ2v) is 10.8. The van der Waals surface area contributed by atoms with Crippen molar-refractivity contribution in [3.63, 3.8) is 0 Å². The van der Waals surface area contributed by atoms with Gasteiger partial charge in [0.15, 0.2) is 11.0 Å². The molecule has 8 nitrogen and oxygen atoms in total. The van der Waals surface area contributed by atoms with E-state index in [2.05, 4.69) is 31.4 Å². The van der Waals surface area contributed by atoms with Gasteiger partial charge in [0.2, 0.25) is 0 Å². The van der Waals surface area contributed by atoms with Crippen LogP contribution in [0.4, 0.5) is 5.69 Å². The number of hydrogen-bond acceptors (Lipinski definition) is 6. The summed E-state index contributed by atoms with van der Waals surface area (Å²) in [7, 11) is 0. The quantitative estimate of drug-likeness (QED) is 0.104. The Morgan fingerprint density at radius 3 is 2.12 bits per heavy atom. The molecule has 1 atom stereocenters. The Labute approximate surface area is 243 Å². The summed E-state index contributed by atoms with van der Waals surface area (Å²) in [5.74, 6) is 0.935. The molecule has 4 aromatic carbocycles. The number of nitrogens with one attached hydrogen (secondary N) is 1. The predicted molar refractivity (Wildman–Crippen MR) is 159 cm³/mol. The van der Waals surface area contributed by atoms with Crippen LogP contribution in [0.1, 0.15) is 33.4 Å². The van der Waals surface area contributed by atoms with Gasteiger partial charge in [0, 0.05) is 33.6 Å². The number of hydrogen-bond donors (Lipinski definition) is 1. The molecular formula is C30H24BrN5O3S. The van der Waals surface area contributed by atoms with Crippen LogP contribution in [0.15, 0.2) is 119 Å². The lowest BCUT2D eigenvalue weighted by Crippen LogP contribution is -2.32. The number of rotatable bonds is 10. The maximum Gasteiger partial charge on any atom is 0.269 e. The van der Waals surface area contributed by atoms with E-state index in [9.17, 15) is 14.9 Å². The van der Waals surface area contributed by atoms with Crippen molar-refractivity contribution in [3.05, 3.63) is 146 Å². The lowest BCUT2D eigenvalue weighted by molar-refractivity contribution is -0.384. The van der Waals surface area contributed by atoms with E-state index in [-0.39, 0.29) is 11.6 Å². The number of non-ortho nitro benzene ring substituents is 1. The minimum Gasteiger partial charge on any atom is -0.342 e. The van der Waals surface area contributed by atoms with Gasteiger partial charge in [0.1, 0.15) is 0 Å².